The largest absolute Gasteiger partial charge is 0.339 e. The van der Waals surface area contributed by atoms with Gasteiger partial charge in [-0.2, -0.15) is 0 Å². The molecule has 9 heteroatoms. The van der Waals surface area contributed by atoms with Gasteiger partial charge >= 0.3 is 0 Å². The first-order chi connectivity index (χ1) is 12.4. The molecule has 0 radical (unpaired) electrons. The van der Waals surface area contributed by atoms with Gasteiger partial charge in [-0.15, -0.1) is 11.3 Å². The SMILES string of the molecule is CC(=O)N1CCN(C(=O)Cc2csc(Nc3nc(C)cc(C)n3)n2)CC1. The van der Waals surface area contributed by atoms with Crippen LogP contribution in [0.15, 0.2) is 11.4 Å². The lowest BCUT2D eigenvalue weighted by Crippen LogP contribution is -2.50. The molecular weight excluding hydrogens is 352 g/mol. The molecule has 138 valence electrons. The van der Waals surface area contributed by atoms with Crippen molar-refractivity contribution in [2.24, 2.45) is 0 Å². The van der Waals surface area contributed by atoms with Gasteiger partial charge in [-0.1, -0.05) is 0 Å². The van der Waals surface area contributed by atoms with Crippen LogP contribution in [0.4, 0.5) is 11.1 Å². The zero-order chi connectivity index (χ0) is 18.7. The van der Waals surface area contributed by atoms with Crippen molar-refractivity contribution < 1.29 is 9.59 Å². The van der Waals surface area contributed by atoms with Crippen molar-refractivity contribution in [3.63, 3.8) is 0 Å². The summed E-state index contributed by atoms with van der Waals surface area (Å²) in [5.41, 5.74) is 2.49. The summed E-state index contributed by atoms with van der Waals surface area (Å²) in [6, 6.07) is 1.91. The third kappa shape index (κ3) is 4.54. The minimum atomic E-state index is 0.0349. The van der Waals surface area contributed by atoms with Gasteiger partial charge in [0.15, 0.2) is 5.13 Å². The lowest BCUT2D eigenvalue weighted by Gasteiger charge is -2.34. The number of thiazole rings is 1. The van der Waals surface area contributed by atoms with Crippen molar-refractivity contribution in [1.29, 1.82) is 0 Å². The smallest absolute Gasteiger partial charge is 0.229 e. The lowest BCUT2D eigenvalue weighted by molar-refractivity contribution is -0.138. The maximum Gasteiger partial charge on any atom is 0.229 e. The summed E-state index contributed by atoms with van der Waals surface area (Å²) < 4.78 is 0. The van der Waals surface area contributed by atoms with Crippen LogP contribution in [0.3, 0.4) is 0 Å². The van der Waals surface area contributed by atoms with Crippen LogP contribution in [-0.4, -0.2) is 62.7 Å². The zero-order valence-corrected chi connectivity index (χ0v) is 16.0. The number of carbonyl (C=O) groups is 2. The van der Waals surface area contributed by atoms with Gasteiger partial charge in [-0.05, 0) is 19.9 Å². The van der Waals surface area contributed by atoms with Crippen molar-refractivity contribution >= 4 is 34.2 Å². The lowest BCUT2D eigenvalue weighted by atomic mass is 10.2. The van der Waals surface area contributed by atoms with Crippen molar-refractivity contribution in [2.75, 3.05) is 31.5 Å². The van der Waals surface area contributed by atoms with E-state index in [0.717, 1.165) is 17.1 Å². The van der Waals surface area contributed by atoms with Crippen LogP contribution in [0.25, 0.3) is 0 Å². The van der Waals surface area contributed by atoms with E-state index in [2.05, 4.69) is 20.3 Å². The van der Waals surface area contributed by atoms with E-state index in [1.165, 1.54) is 11.3 Å². The normalized spacial score (nSPS) is 14.4. The Hall–Kier alpha value is -2.55. The van der Waals surface area contributed by atoms with Crippen LogP contribution < -0.4 is 5.32 Å². The first-order valence-electron chi connectivity index (χ1n) is 8.47. The third-order valence-electron chi connectivity index (χ3n) is 4.16. The zero-order valence-electron chi connectivity index (χ0n) is 15.2. The Morgan fingerprint density at radius 1 is 1.08 bits per heavy atom. The van der Waals surface area contributed by atoms with E-state index in [4.69, 9.17) is 0 Å². The summed E-state index contributed by atoms with van der Waals surface area (Å²) in [6.45, 7) is 7.72. The average molecular weight is 374 g/mol. The number of anilines is 2. The van der Waals surface area contributed by atoms with Crippen molar-refractivity contribution in [1.82, 2.24) is 24.8 Å². The molecule has 0 spiro atoms. The average Bonchev–Trinajstić information content (AvgIpc) is 3.00. The van der Waals surface area contributed by atoms with Crippen LogP contribution in [0, 0.1) is 13.8 Å². The molecule has 2 aromatic heterocycles. The molecule has 0 aliphatic carbocycles. The summed E-state index contributed by atoms with van der Waals surface area (Å²) in [5, 5.41) is 5.63. The van der Waals surface area contributed by atoms with E-state index < -0.39 is 0 Å². The summed E-state index contributed by atoms with van der Waals surface area (Å²) in [5.74, 6) is 0.601. The summed E-state index contributed by atoms with van der Waals surface area (Å²) in [6.07, 6.45) is 0.256. The molecule has 2 amide bonds. The first-order valence-corrected chi connectivity index (χ1v) is 9.35. The molecule has 3 rings (SSSR count). The van der Waals surface area contributed by atoms with E-state index in [1.54, 1.807) is 16.7 Å². The van der Waals surface area contributed by atoms with Crippen LogP contribution in [0.5, 0.6) is 0 Å². The number of aryl methyl sites for hydroxylation is 2. The van der Waals surface area contributed by atoms with Crippen LogP contribution >= 0.6 is 11.3 Å². The maximum atomic E-state index is 12.4. The number of aromatic nitrogens is 3. The second kappa shape index (κ2) is 7.77. The molecule has 26 heavy (non-hydrogen) atoms. The molecule has 8 nitrogen and oxygen atoms in total. The Morgan fingerprint density at radius 3 is 2.31 bits per heavy atom. The fourth-order valence-electron chi connectivity index (χ4n) is 2.86. The van der Waals surface area contributed by atoms with Gasteiger partial charge in [-0.3, -0.25) is 9.59 Å². The topological polar surface area (TPSA) is 91.3 Å². The van der Waals surface area contributed by atoms with Crippen molar-refractivity contribution in [3.05, 3.63) is 28.5 Å². The molecule has 1 saturated heterocycles. The first kappa shape index (κ1) is 18.2. The predicted molar refractivity (Wildman–Crippen MR) is 99.4 cm³/mol. The van der Waals surface area contributed by atoms with Crippen LogP contribution in [0.1, 0.15) is 24.0 Å². The van der Waals surface area contributed by atoms with Gasteiger partial charge in [0.25, 0.3) is 0 Å². The fourth-order valence-corrected chi connectivity index (χ4v) is 3.56. The molecule has 1 aliphatic heterocycles. The maximum absolute atomic E-state index is 12.4. The van der Waals surface area contributed by atoms with E-state index >= 15 is 0 Å². The number of hydrogen-bond donors (Lipinski definition) is 1. The Morgan fingerprint density at radius 2 is 1.69 bits per heavy atom. The molecule has 0 unspecified atom stereocenters. The highest BCUT2D eigenvalue weighted by molar-refractivity contribution is 7.13. The summed E-state index contributed by atoms with van der Waals surface area (Å²) in [7, 11) is 0. The Labute approximate surface area is 156 Å². The number of hydrogen-bond acceptors (Lipinski definition) is 7. The minimum absolute atomic E-state index is 0.0349. The molecule has 1 fully saturated rings. The van der Waals surface area contributed by atoms with Crippen molar-refractivity contribution in [3.8, 4) is 0 Å². The van der Waals surface area contributed by atoms with E-state index in [-0.39, 0.29) is 18.2 Å². The molecule has 0 bridgehead atoms. The number of piperazine rings is 1. The number of amides is 2. The number of rotatable bonds is 4. The monoisotopic (exact) mass is 374 g/mol. The number of nitrogens with one attached hydrogen (secondary N) is 1. The molecule has 1 N–H and O–H groups in total. The van der Waals surface area contributed by atoms with Gasteiger partial charge in [0, 0.05) is 49.9 Å². The number of nitrogens with zero attached hydrogens (tertiary/aromatic N) is 5. The van der Waals surface area contributed by atoms with Crippen LogP contribution in [0.2, 0.25) is 0 Å². The molecule has 3 heterocycles. The van der Waals surface area contributed by atoms with Gasteiger partial charge in [0.2, 0.25) is 17.8 Å². The third-order valence-corrected chi connectivity index (χ3v) is 4.97. The number of carbonyl (C=O) groups excluding carboxylic acids is 2. The standard InChI is InChI=1S/C17H22N6O2S/c1-11-8-12(2)19-16(18-11)21-17-20-14(10-26-17)9-15(25)23-6-4-22(5-7-23)13(3)24/h8,10H,4-7,9H2,1-3H3,(H,18,19,20,21). The van der Waals surface area contributed by atoms with Gasteiger partial charge in [-0.25, -0.2) is 15.0 Å². The molecule has 1 aliphatic rings. The molecule has 0 saturated carbocycles. The Balaban J connectivity index is 1.56. The molecular formula is C17H22N6O2S. The minimum Gasteiger partial charge on any atom is -0.339 e. The molecule has 0 atom stereocenters. The predicted octanol–water partition coefficient (Wildman–Crippen LogP) is 1.53. The van der Waals surface area contributed by atoms with Gasteiger partial charge in [0.1, 0.15) is 0 Å². The highest BCUT2D eigenvalue weighted by Gasteiger charge is 2.23. The van der Waals surface area contributed by atoms with Gasteiger partial charge < -0.3 is 15.1 Å². The second-order valence-corrected chi connectivity index (χ2v) is 7.17. The Kier molecular flexibility index (Phi) is 5.46. The van der Waals surface area contributed by atoms with E-state index in [9.17, 15) is 9.59 Å². The quantitative estimate of drug-likeness (QED) is 0.873. The highest BCUT2D eigenvalue weighted by Crippen LogP contribution is 2.20. The van der Waals surface area contributed by atoms with Crippen LogP contribution in [-0.2, 0) is 16.0 Å². The fraction of sp³-hybridized carbons (Fsp3) is 0.471. The second-order valence-electron chi connectivity index (χ2n) is 6.31. The summed E-state index contributed by atoms with van der Waals surface area (Å²) in [4.78, 5) is 40.5. The van der Waals surface area contributed by atoms with Crippen molar-refractivity contribution in [2.45, 2.75) is 27.2 Å². The molecule has 2 aromatic rings. The van der Waals surface area contributed by atoms with Gasteiger partial charge in [0.05, 0.1) is 12.1 Å². The van der Waals surface area contributed by atoms with E-state index in [1.807, 2.05) is 25.3 Å². The molecule has 0 aromatic carbocycles. The Bertz CT molecular complexity index is 793. The van der Waals surface area contributed by atoms with E-state index in [0.29, 0.717) is 37.3 Å². The summed E-state index contributed by atoms with van der Waals surface area (Å²) >= 11 is 1.42. The highest BCUT2D eigenvalue weighted by atomic mass is 32.1.